The fourth-order valence-corrected chi connectivity index (χ4v) is 2.29. The van der Waals surface area contributed by atoms with Gasteiger partial charge in [0.2, 0.25) is 0 Å². The van der Waals surface area contributed by atoms with Crippen LogP contribution in [0.25, 0.3) is 0 Å². The van der Waals surface area contributed by atoms with Gasteiger partial charge in [0.25, 0.3) is 6.47 Å². The molecule has 5 heteroatoms. The molecule has 0 unspecified atom stereocenters. The van der Waals surface area contributed by atoms with E-state index in [1.165, 1.54) is 44.9 Å². The van der Waals surface area contributed by atoms with Crippen molar-refractivity contribution >= 4 is 12.4 Å². The normalized spacial score (nSPS) is 10.2. The molecule has 0 saturated heterocycles. The van der Waals surface area contributed by atoms with Crippen molar-refractivity contribution in [1.82, 2.24) is 0 Å². The number of ether oxygens (including phenoxy) is 3. The average molecular weight is 336 g/mol. The van der Waals surface area contributed by atoms with Crippen molar-refractivity contribution in [3.8, 4) is 11.5 Å². The highest BCUT2D eigenvalue weighted by atomic mass is 16.6. The molecule has 0 fully saturated rings. The third-order valence-electron chi connectivity index (χ3n) is 3.59. The molecule has 0 spiro atoms. The second-order valence-corrected chi connectivity index (χ2v) is 5.68. The molecule has 5 nitrogen and oxygen atoms in total. The molecule has 0 aliphatic heterocycles. The molecule has 0 aromatic heterocycles. The molecule has 0 aliphatic carbocycles. The van der Waals surface area contributed by atoms with Crippen LogP contribution < -0.4 is 9.47 Å². The van der Waals surface area contributed by atoms with E-state index in [0.717, 1.165) is 12.2 Å². The Kier molecular flexibility index (Phi) is 11.2. The van der Waals surface area contributed by atoms with Gasteiger partial charge in [-0.25, -0.2) is 4.79 Å². The number of carbonyl (C=O) groups is 2. The van der Waals surface area contributed by atoms with Crippen LogP contribution in [0.2, 0.25) is 0 Å². The lowest BCUT2D eigenvalue weighted by Crippen LogP contribution is -2.14. The van der Waals surface area contributed by atoms with Crippen LogP contribution in [0.4, 0.5) is 0 Å². The molecule has 0 aliphatic rings. The number of benzene rings is 1. The van der Waals surface area contributed by atoms with Crippen molar-refractivity contribution in [1.29, 1.82) is 0 Å². The molecule has 1 rings (SSSR count). The summed E-state index contributed by atoms with van der Waals surface area (Å²) in [6.45, 7) is 2.75. The van der Waals surface area contributed by atoms with E-state index < -0.39 is 5.97 Å². The van der Waals surface area contributed by atoms with Gasteiger partial charge in [-0.3, -0.25) is 4.79 Å². The van der Waals surface area contributed by atoms with Gasteiger partial charge in [0.15, 0.2) is 6.61 Å². The SMILES string of the molecule is CCCCCCCCCCOc1ccc(OC(=O)COC=O)cc1. The Bertz CT molecular complexity index is 455. The molecule has 24 heavy (non-hydrogen) atoms. The summed E-state index contributed by atoms with van der Waals surface area (Å²) in [5, 5.41) is 0. The van der Waals surface area contributed by atoms with Crippen LogP contribution in [0.1, 0.15) is 58.3 Å². The summed E-state index contributed by atoms with van der Waals surface area (Å²) in [6.07, 6.45) is 10.2. The Morgan fingerprint density at radius 1 is 0.917 bits per heavy atom. The van der Waals surface area contributed by atoms with E-state index in [-0.39, 0.29) is 13.1 Å². The lowest BCUT2D eigenvalue weighted by molar-refractivity contribution is -0.145. The van der Waals surface area contributed by atoms with E-state index >= 15 is 0 Å². The zero-order chi connectivity index (χ0) is 17.5. The van der Waals surface area contributed by atoms with Gasteiger partial charge in [0.1, 0.15) is 11.5 Å². The van der Waals surface area contributed by atoms with Gasteiger partial charge < -0.3 is 14.2 Å². The zero-order valence-corrected chi connectivity index (χ0v) is 14.5. The number of rotatable bonds is 14. The van der Waals surface area contributed by atoms with E-state index in [0.29, 0.717) is 12.4 Å². The lowest BCUT2D eigenvalue weighted by atomic mass is 10.1. The summed E-state index contributed by atoms with van der Waals surface area (Å²) in [7, 11) is 0. The second kappa shape index (κ2) is 13.4. The topological polar surface area (TPSA) is 61.8 Å². The largest absolute Gasteiger partial charge is 0.494 e. The van der Waals surface area contributed by atoms with Gasteiger partial charge in [-0.15, -0.1) is 0 Å². The van der Waals surface area contributed by atoms with Crippen molar-refractivity contribution in [2.45, 2.75) is 58.3 Å². The van der Waals surface area contributed by atoms with E-state index in [1.807, 2.05) is 0 Å². The fourth-order valence-electron chi connectivity index (χ4n) is 2.29. The van der Waals surface area contributed by atoms with Crippen LogP contribution in [0.15, 0.2) is 24.3 Å². The Hall–Kier alpha value is -2.04. The Labute approximate surface area is 144 Å². The molecule has 0 radical (unpaired) electrons. The van der Waals surface area contributed by atoms with E-state index in [2.05, 4.69) is 11.7 Å². The van der Waals surface area contributed by atoms with Gasteiger partial charge in [0.05, 0.1) is 6.61 Å². The van der Waals surface area contributed by atoms with Gasteiger partial charge in [-0.1, -0.05) is 51.9 Å². The first-order chi connectivity index (χ1) is 11.8. The minimum absolute atomic E-state index is 0.212. The molecule has 0 saturated carbocycles. The average Bonchev–Trinajstić information content (AvgIpc) is 2.60. The summed E-state index contributed by atoms with van der Waals surface area (Å²) >= 11 is 0. The first kappa shape index (κ1) is 20.0. The molecule has 0 atom stereocenters. The Balaban J connectivity index is 2.09. The first-order valence-electron chi connectivity index (χ1n) is 8.75. The minimum atomic E-state index is -0.616. The minimum Gasteiger partial charge on any atom is -0.494 e. The molecule has 0 bridgehead atoms. The quantitative estimate of drug-likeness (QED) is 0.219. The summed E-state index contributed by atoms with van der Waals surface area (Å²) in [6, 6.07) is 6.83. The molecule has 0 N–H and O–H groups in total. The highest BCUT2D eigenvalue weighted by molar-refractivity contribution is 5.74. The third kappa shape index (κ3) is 9.87. The van der Waals surface area contributed by atoms with Gasteiger partial charge in [-0.2, -0.15) is 0 Å². The Morgan fingerprint density at radius 2 is 1.50 bits per heavy atom. The predicted octanol–water partition coefficient (Wildman–Crippen LogP) is 4.28. The van der Waals surface area contributed by atoms with E-state index in [9.17, 15) is 9.59 Å². The molecular weight excluding hydrogens is 308 g/mol. The molecule has 1 aromatic carbocycles. The van der Waals surface area contributed by atoms with Gasteiger partial charge in [0, 0.05) is 0 Å². The fraction of sp³-hybridized carbons (Fsp3) is 0.579. The lowest BCUT2D eigenvalue weighted by Gasteiger charge is -2.08. The van der Waals surface area contributed by atoms with Crippen LogP contribution in [0.3, 0.4) is 0 Å². The van der Waals surface area contributed by atoms with Crippen molar-refractivity contribution in [3.05, 3.63) is 24.3 Å². The van der Waals surface area contributed by atoms with Crippen molar-refractivity contribution in [3.63, 3.8) is 0 Å². The molecule has 0 heterocycles. The number of hydrogen-bond acceptors (Lipinski definition) is 5. The highest BCUT2D eigenvalue weighted by Gasteiger charge is 2.05. The smallest absolute Gasteiger partial charge is 0.349 e. The molecule has 0 amide bonds. The summed E-state index contributed by atoms with van der Waals surface area (Å²) in [4.78, 5) is 21.3. The van der Waals surface area contributed by atoms with Crippen molar-refractivity contribution in [2.24, 2.45) is 0 Å². The van der Waals surface area contributed by atoms with Crippen molar-refractivity contribution < 1.29 is 23.8 Å². The Morgan fingerprint density at radius 3 is 2.12 bits per heavy atom. The highest BCUT2D eigenvalue weighted by Crippen LogP contribution is 2.18. The van der Waals surface area contributed by atoms with Gasteiger partial charge >= 0.3 is 5.97 Å². The number of unbranched alkanes of at least 4 members (excludes halogenated alkanes) is 7. The van der Waals surface area contributed by atoms with Gasteiger partial charge in [-0.05, 0) is 30.7 Å². The number of esters is 1. The second-order valence-electron chi connectivity index (χ2n) is 5.68. The van der Waals surface area contributed by atoms with E-state index in [1.54, 1.807) is 24.3 Å². The maximum atomic E-state index is 11.3. The predicted molar refractivity (Wildman–Crippen MR) is 92.2 cm³/mol. The standard InChI is InChI=1S/C19H28O5/c1-2-3-4-5-6-7-8-9-14-23-17-10-12-18(13-11-17)24-19(21)15-22-16-20/h10-13,16H,2-9,14-15H2,1H3. The number of carbonyl (C=O) groups excluding carboxylic acids is 2. The summed E-state index contributed by atoms with van der Waals surface area (Å²) in [5.41, 5.74) is 0. The van der Waals surface area contributed by atoms with Crippen LogP contribution in [-0.2, 0) is 14.3 Å². The maximum absolute atomic E-state index is 11.3. The third-order valence-corrected chi connectivity index (χ3v) is 3.59. The van der Waals surface area contributed by atoms with Crippen LogP contribution >= 0.6 is 0 Å². The molecule has 1 aromatic rings. The van der Waals surface area contributed by atoms with Crippen LogP contribution in [0, 0.1) is 0 Å². The molecular formula is C19H28O5. The maximum Gasteiger partial charge on any atom is 0.349 e. The zero-order valence-electron chi connectivity index (χ0n) is 14.5. The van der Waals surface area contributed by atoms with Crippen LogP contribution in [-0.4, -0.2) is 25.7 Å². The monoisotopic (exact) mass is 336 g/mol. The van der Waals surface area contributed by atoms with Crippen molar-refractivity contribution in [2.75, 3.05) is 13.2 Å². The van der Waals surface area contributed by atoms with E-state index in [4.69, 9.17) is 9.47 Å². The summed E-state index contributed by atoms with van der Waals surface area (Å²) in [5.74, 6) is 0.533. The molecule has 134 valence electrons. The first-order valence-corrected chi connectivity index (χ1v) is 8.75. The number of hydrogen-bond donors (Lipinski definition) is 0. The van der Waals surface area contributed by atoms with Crippen LogP contribution in [0.5, 0.6) is 11.5 Å². The summed E-state index contributed by atoms with van der Waals surface area (Å²) < 4.78 is 15.0.